The van der Waals surface area contributed by atoms with E-state index in [1.54, 1.807) is 12.3 Å². The molecular weight excluding hydrogens is 226 g/mol. The molecule has 0 saturated heterocycles. The number of hydrogen-bond acceptors (Lipinski definition) is 5. The lowest BCUT2D eigenvalue weighted by Crippen LogP contribution is -2.11. The van der Waals surface area contributed by atoms with Gasteiger partial charge in [-0.1, -0.05) is 5.16 Å². The highest BCUT2D eigenvalue weighted by molar-refractivity contribution is 7.80. The van der Waals surface area contributed by atoms with Crippen LogP contribution in [0.1, 0.15) is 12.1 Å². The molecule has 1 N–H and O–H groups in total. The number of amides is 1. The number of carbonyl (C=O) groups excluding carboxylic acids is 1. The van der Waals surface area contributed by atoms with Crippen molar-refractivity contribution in [3.05, 3.63) is 18.0 Å². The minimum absolute atomic E-state index is 0.0785. The molecule has 0 radical (unpaired) electrons. The zero-order chi connectivity index (χ0) is 11.5. The predicted molar refractivity (Wildman–Crippen MR) is 63.6 cm³/mol. The number of fused-ring (bicyclic) bond motifs is 1. The Labute approximate surface area is 97.6 Å². The Kier molecular flexibility index (Phi) is 3.09. The first kappa shape index (κ1) is 10.9. The van der Waals surface area contributed by atoms with Gasteiger partial charge >= 0.3 is 0 Å². The largest absolute Gasteiger partial charge is 0.336 e. The van der Waals surface area contributed by atoms with Crippen LogP contribution in [0.15, 0.2) is 16.8 Å². The van der Waals surface area contributed by atoms with Crippen molar-refractivity contribution in [3.63, 3.8) is 0 Å². The fourth-order valence-corrected chi connectivity index (χ4v) is 1.54. The summed E-state index contributed by atoms with van der Waals surface area (Å²) in [7, 11) is 0. The molecule has 0 aliphatic heterocycles. The Balaban J connectivity index is 2.25. The summed E-state index contributed by atoms with van der Waals surface area (Å²) >= 11 is 3.99. The van der Waals surface area contributed by atoms with Crippen LogP contribution in [0.5, 0.6) is 0 Å². The van der Waals surface area contributed by atoms with Crippen LogP contribution in [0.2, 0.25) is 0 Å². The van der Waals surface area contributed by atoms with Crippen molar-refractivity contribution < 1.29 is 9.32 Å². The van der Waals surface area contributed by atoms with Gasteiger partial charge < -0.3 is 9.84 Å². The number of rotatable bonds is 3. The predicted octanol–water partition coefficient (Wildman–Crippen LogP) is 1.79. The molecule has 0 aliphatic rings. The van der Waals surface area contributed by atoms with Gasteiger partial charge in [-0.2, -0.15) is 12.6 Å². The molecule has 0 spiro atoms. The van der Waals surface area contributed by atoms with Gasteiger partial charge in [-0.05, 0) is 18.7 Å². The van der Waals surface area contributed by atoms with Crippen LogP contribution in [0, 0.1) is 6.92 Å². The van der Waals surface area contributed by atoms with E-state index in [1.807, 2.05) is 6.92 Å². The second-order valence-electron chi connectivity index (χ2n) is 3.37. The van der Waals surface area contributed by atoms with Gasteiger partial charge in [0.1, 0.15) is 0 Å². The molecular formula is C10H11N3O2S. The molecule has 84 valence electrons. The summed E-state index contributed by atoms with van der Waals surface area (Å²) in [5.74, 6) is 0.443. The van der Waals surface area contributed by atoms with E-state index in [0.29, 0.717) is 23.6 Å². The molecule has 2 heterocycles. The first-order valence-electron chi connectivity index (χ1n) is 4.83. The number of aryl methyl sites for hydroxylation is 1. The molecule has 0 aliphatic carbocycles. The van der Waals surface area contributed by atoms with Gasteiger partial charge in [0.05, 0.1) is 23.0 Å². The normalized spacial score (nSPS) is 10.6. The lowest BCUT2D eigenvalue weighted by Gasteiger charge is -2.02. The number of thiol groups is 1. The molecule has 5 nitrogen and oxygen atoms in total. The van der Waals surface area contributed by atoms with E-state index in [0.717, 1.165) is 11.1 Å². The van der Waals surface area contributed by atoms with Gasteiger partial charge in [0.15, 0.2) is 0 Å². The van der Waals surface area contributed by atoms with E-state index in [-0.39, 0.29) is 5.91 Å². The first-order valence-corrected chi connectivity index (χ1v) is 5.46. The SMILES string of the molecule is Cc1noc2ncc(NC(=O)CCS)cc12. The Morgan fingerprint density at radius 2 is 2.44 bits per heavy atom. The fraction of sp³-hybridized carbons (Fsp3) is 0.300. The summed E-state index contributed by atoms with van der Waals surface area (Å²) in [6.07, 6.45) is 1.92. The highest BCUT2D eigenvalue weighted by atomic mass is 32.1. The second-order valence-corrected chi connectivity index (χ2v) is 3.81. The molecule has 6 heteroatoms. The van der Waals surface area contributed by atoms with Crippen LogP contribution < -0.4 is 5.32 Å². The zero-order valence-electron chi connectivity index (χ0n) is 8.73. The molecule has 0 atom stereocenters. The van der Waals surface area contributed by atoms with Crippen LogP contribution in [0.3, 0.4) is 0 Å². The van der Waals surface area contributed by atoms with Gasteiger partial charge in [-0.3, -0.25) is 4.79 Å². The topological polar surface area (TPSA) is 68.0 Å². The van der Waals surface area contributed by atoms with Gasteiger partial charge in [0, 0.05) is 6.42 Å². The maximum atomic E-state index is 11.3. The Hall–Kier alpha value is -1.56. The maximum absolute atomic E-state index is 11.3. The van der Waals surface area contributed by atoms with Crippen LogP contribution in [-0.4, -0.2) is 21.8 Å². The number of hydrogen-bond donors (Lipinski definition) is 2. The first-order chi connectivity index (χ1) is 7.70. The van der Waals surface area contributed by atoms with Gasteiger partial charge in [0.2, 0.25) is 5.91 Å². The van der Waals surface area contributed by atoms with E-state index in [9.17, 15) is 4.79 Å². The minimum Gasteiger partial charge on any atom is -0.336 e. The number of carbonyl (C=O) groups is 1. The Morgan fingerprint density at radius 1 is 1.62 bits per heavy atom. The highest BCUT2D eigenvalue weighted by Crippen LogP contribution is 2.19. The Morgan fingerprint density at radius 3 is 3.19 bits per heavy atom. The molecule has 0 unspecified atom stereocenters. The van der Waals surface area contributed by atoms with Gasteiger partial charge in [-0.25, -0.2) is 4.98 Å². The molecule has 16 heavy (non-hydrogen) atoms. The summed E-state index contributed by atoms with van der Waals surface area (Å²) in [4.78, 5) is 15.4. The van der Waals surface area contributed by atoms with Crippen molar-refractivity contribution in [2.45, 2.75) is 13.3 Å². The smallest absolute Gasteiger partial charge is 0.258 e. The minimum atomic E-state index is -0.0785. The fourth-order valence-electron chi connectivity index (χ4n) is 1.34. The number of aromatic nitrogens is 2. The number of nitrogens with one attached hydrogen (secondary N) is 1. The molecule has 2 aromatic heterocycles. The molecule has 0 fully saturated rings. The standard InChI is InChI=1S/C10H11N3O2S/c1-6-8-4-7(12-9(14)2-3-16)5-11-10(8)15-13-6/h4-5,16H,2-3H2,1H3,(H,12,14). The van der Waals surface area contributed by atoms with Crippen LogP contribution in [0.25, 0.3) is 11.1 Å². The molecule has 2 aromatic rings. The second kappa shape index (κ2) is 4.52. The van der Waals surface area contributed by atoms with Gasteiger partial charge in [-0.15, -0.1) is 0 Å². The van der Waals surface area contributed by atoms with Crippen molar-refractivity contribution >= 4 is 35.3 Å². The summed E-state index contributed by atoms with van der Waals surface area (Å²) < 4.78 is 4.97. The summed E-state index contributed by atoms with van der Waals surface area (Å²) in [6, 6.07) is 1.80. The lowest BCUT2D eigenvalue weighted by molar-refractivity contribution is -0.115. The molecule has 0 aromatic carbocycles. The van der Waals surface area contributed by atoms with Gasteiger partial charge in [0.25, 0.3) is 5.71 Å². The van der Waals surface area contributed by atoms with E-state index in [1.165, 1.54) is 0 Å². The number of pyridine rings is 1. The summed E-state index contributed by atoms with van der Waals surface area (Å²) in [5, 5.41) is 7.33. The van der Waals surface area contributed by atoms with Crippen LogP contribution in [-0.2, 0) is 4.79 Å². The van der Waals surface area contributed by atoms with Crippen molar-refractivity contribution in [1.29, 1.82) is 0 Å². The monoisotopic (exact) mass is 237 g/mol. The van der Waals surface area contributed by atoms with Crippen molar-refractivity contribution in [2.24, 2.45) is 0 Å². The lowest BCUT2D eigenvalue weighted by atomic mass is 10.2. The van der Waals surface area contributed by atoms with E-state index in [2.05, 4.69) is 28.1 Å². The third-order valence-corrected chi connectivity index (χ3v) is 2.36. The Bertz CT molecular complexity index is 524. The highest BCUT2D eigenvalue weighted by Gasteiger charge is 2.07. The van der Waals surface area contributed by atoms with Crippen LogP contribution in [0.4, 0.5) is 5.69 Å². The third-order valence-electron chi connectivity index (χ3n) is 2.13. The quantitative estimate of drug-likeness (QED) is 0.799. The average Bonchev–Trinajstić information content (AvgIpc) is 2.61. The van der Waals surface area contributed by atoms with Crippen molar-refractivity contribution in [3.8, 4) is 0 Å². The molecule has 2 rings (SSSR count). The molecule has 0 bridgehead atoms. The summed E-state index contributed by atoms with van der Waals surface area (Å²) in [5.41, 5.74) is 1.88. The maximum Gasteiger partial charge on any atom is 0.258 e. The third kappa shape index (κ3) is 2.16. The summed E-state index contributed by atoms with van der Waals surface area (Å²) in [6.45, 7) is 1.83. The van der Waals surface area contributed by atoms with Crippen LogP contribution >= 0.6 is 12.6 Å². The zero-order valence-corrected chi connectivity index (χ0v) is 9.62. The van der Waals surface area contributed by atoms with E-state index in [4.69, 9.17) is 4.52 Å². The average molecular weight is 237 g/mol. The number of nitrogens with zero attached hydrogens (tertiary/aromatic N) is 2. The van der Waals surface area contributed by atoms with E-state index < -0.39 is 0 Å². The molecule has 0 saturated carbocycles. The number of anilines is 1. The van der Waals surface area contributed by atoms with E-state index >= 15 is 0 Å². The molecule has 1 amide bonds. The van der Waals surface area contributed by atoms with Crippen molar-refractivity contribution in [1.82, 2.24) is 10.1 Å². The van der Waals surface area contributed by atoms with Crippen molar-refractivity contribution in [2.75, 3.05) is 11.1 Å².